The Morgan fingerprint density at radius 2 is 1.97 bits per heavy atom. The van der Waals surface area contributed by atoms with Gasteiger partial charge in [-0.05, 0) is 18.2 Å². The number of rotatable bonds is 8. The zero-order valence-corrected chi connectivity index (χ0v) is 16.8. The van der Waals surface area contributed by atoms with Gasteiger partial charge in [0.15, 0.2) is 10.8 Å². The first-order valence-corrected chi connectivity index (χ1v) is 10.1. The maximum atomic E-state index is 10.8. The van der Waals surface area contributed by atoms with E-state index in [9.17, 15) is 20.3 Å². The van der Waals surface area contributed by atoms with Crippen LogP contribution >= 0.6 is 11.8 Å². The molecule has 0 fully saturated rings. The molecule has 0 spiro atoms. The zero-order chi connectivity index (χ0) is 21.8. The SMILES string of the molecule is O=[N+]([O-])c1ccc(N=Nc2c(O)n(CC(O)CSc3ncn[nH]3)c3ccccc23)cc1. The van der Waals surface area contributed by atoms with E-state index < -0.39 is 11.0 Å². The number of nitrogens with one attached hydrogen (secondary N) is 1. The quantitative estimate of drug-likeness (QED) is 0.162. The minimum atomic E-state index is -0.767. The second-order valence-corrected chi connectivity index (χ2v) is 7.54. The lowest BCUT2D eigenvalue weighted by Crippen LogP contribution is -2.18. The number of benzene rings is 2. The number of thioether (sulfide) groups is 1. The molecule has 0 aliphatic carbocycles. The van der Waals surface area contributed by atoms with E-state index in [1.165, 1.54) is 42.4 Å². The third-order valence-corrected chi connectivity index (χ3v) is 5.46. The number of aliphatic hydroxyl groups excluding tert-OH is 1. The smallest absolute Gasteiger partial charge is 0.269 e. The van der Waals surface area contributed by atoms with E-state index in [2.05, 4.69) is 25.4 Å². The van der Waals surface area contributed by atoms with Crippen molar-refractivity contribution < 1.29 is 15.1 Å². The van der Waals surface area contributed by atoms with E-state index in [4.69, 9.17) is 0 Å². The second-order valence-electron chi connectivity index (χ2n) is 6.53. The minimum absolute atomic E-state index is 0.0458. The lowest BCUT2D eigenvalue weighted by Gasteiger charge is -2.12. The van der Waals surface area contributed by atoms with Gasteiger partial charge in [-0.3, -0.25) is 15.2 Å². The van der Waals surface area contributed by atoms with Crippen LogP contribution < -0.4 is 0 Å². The summed E-state index contributed by atoms with van der Waals surface area (Å²) in [5.74, 6) is 0.219. The number of nitrogens with zero attached hydrogens (tertiary/aromatic N) is 6. The Labute approximate surface area is 179 Å². The zero-order valence-electron chi connectivity index (χ0n) is 16.0. The molecule has 2 aromatic heterocycles. The first kappa shape index (κ1) is 20.5. The van der Waals surface area contributed by atoms with E-state index in [0.29, 0.717) is 27.5 Å². The molecule has 0 saturated carbocycles. The number of aromatic nitrogens is 4. The first-order valence-electron chi connectivity index (χ1n) is 9.15. The van der Waals surface area contributed by atoms with Crippen LogP contribution in [0.25, 0.3) is 10.9 Å². The van der Waals surface area contributed by atoms with Gasteiger partial charge in [0.25, 0.3) is 5.69 Å². The number of aromatic amines is 1. The van der Waals surface area contributed by atoms with Gasteiger partial charge in [0, 0.05) is 23.3 Å². The molecule has 2 aromatic carbocycles. The topological polar surface area (TPSA) is 155 Å². The van der Waals surface area contributed by atoms with Gasteiger partial charge in [0.05, 0.1) is 28.8 Å². The van der Waals surface area contributed by atoms with Gasteiger partial charge >= 0.3 is 0 Å². The fourth-order valence-electron chi connectivity index (χ4n) is 3.01. The summed E-state index contributed by atoms with van der Waals surface area (Å²) >= 11 is 1.32. The van der Waals surface area contributed by atoms with Gasteiger partial charge in [-0.15, -0.1) is 5.11 Å². The van der Waals surface area contributed by atoms with E-state index in [1.54, 1.807) is 10.6 Å². The predicted octanol–water partition coefficient (Wildman–Crippen LogP) is 3.94. The van der Waals surface area contributed by atoms with Crippen molar-refractivity contribution in [1.29, 1.82) is 0 Å². The van der Waals surface area contributed by atoms with Crippen LogP contribution in [0.5, 0.6) is 5.88 Å². The number of nitro groups is 1. The Bertz CT molecular complexity index is 1220. The molecule has 158 valence electrons. The number of hydrogen-bond donors (Lipinski definition) is 3. The number of H-pyrrole nitrogens is 1. The summed E-state index contributed by atoms with van der Waals surface area (Å²) in [5.41, 5.74) is 1.31. The van der Waals surface area contributed by atoms with Crippen molar-refractivity contribution >= 4 is 39.7 Å². The van der Waals surface area contributed by atoms with Crippen molar-refractivity contribution in [3.05, 3.63) is 65.0 Å². The second kappa shape index (κ2) is 8.93. The molecule has 0 radical (unpaired) electrons. The standard InChI is InChI=1S/C19H17N7O4S/c27-14(10-31-19-20-11-21-24-19)9-25-16-4-2-1-3-15(16)17(18(25)28)23-22-12-5-7-13(8-6-12)26(29)30/h1-8,11,14,27-28H,9-10H2,(H,20,21,24). The average molecular weight is 439 g/mol. The highest BCUT2D eigenvalue weighted by atomic mass is 32.2. The molecule has 1 unspecified atom stereocenters. The molecule has 0 amide bonds. The normalized spacial score (nSPS) is 12.5. The summed E-state index contributed by atoms with van der Waals surface area (Å²) in [4.78, 5) is 14.3. The highest BCUT2D eigenvalue weighted by Gasteiger charge is 2.19. The average Bonchev–Trinajstić information content (AvgIpc) is 3.38. The fraction of sp³-hybridized carbons (Fsp3) is 0.158. The van der Waals surface area contributed by atoms with Crippen molar-refractivity contribution in [3.63, 3.8) is 0 Å². The van der Waals surface area contributed by atoms with Crippen LogP contribution in [0.15, 0.2) is 70.2 Å². The Kier molecular flexibility index (Phi) is 5.91. The van der Waals surface area contributed by atoms with Crippen LogP contribution in [-0.4, -0.2) is 46.7 Å². The van der Waals surface area contributed by atoms with E-state index >= 15 is 0 Å². The van der Waals surface area contributed by atoms with Gasteiger partial charge in [-0.1, -0.05) is 30.0 Å². The number of azo groups is 1. The summed E-state index contributed by atoms with van der Waals surface area (Å²) in [5, 5.41) is 48.0. The Morgan fingerprint density at radius 3 is 2.68 bits per heavy atom. The Hall–Kier alpha value is -3.77. The summed E-state index contributed by atoms with van der Waals surface area (Å²) < 4.78 is 1.57. The van der Waals surface area contributed by atoms with Gasteiger partial charge in [-0.2, -0.15) is 10.2 Å². The molecule has 0 aliphatic heterocycles. The third-order valence-electron chi connectivity index (χ3n) is 4.44. The number of para-hydroxylation sites is 1. The highest BCUT2D eigenvalue weighted by Crippen LogP contribution is 2.39. The lowest BCUT2D eigenvalue weighted by atomic mass is 10.2. The van der Waals surface area contributed by atoms with Crippen molar-refractivity contribution in [2.75, 3.05) is 5.75 Å². The van der Waals surface area contributed by atoms with E-state index in [1.807, 2.05) is 18.2 Å². The molecule has 12 heteroatoms. The molecule has 0 saturated heterocycles. The maximum Gasteiger partial charge on any atom is 0.269 e. The van der Waals surface area contributed by atoms with Crippen molar-refractivity contribution in [3.8, 4) is 5.88 Å². The van der Waals surface area contributed by atoms with Crippen molar-refractivity contribution in [1.82, 2.24) is 19.7 Å². The molecule has 2 heterocycles. The van der Waals surface area contributed by atoms with Crippen molar-refractivity contribution in [2.24, 2.45) is 10.2 Å². The fourth-order valence-corrected chi connectivity index (χ4v) is 3.70. The van der Waals surface area contributed by atoms with Gasteiger partial charge < -0.3 is 14.8 Å². The maximum absolute atomic E-state index is 10.8. The third kappa shape index (κ3) is 4.54. The van der Waals surface area contributed by atoms with Crippen LogP contribution in [0.1, 0.15) is 0 Å². The number of nitro benzene ring substituents is 1. The summed E-state index contributed by atoms with van der Waals surface area (Å²) in [6, 6.07) is 12.9. The van der Waals surface area contributed by atoms with Gasteiger partial charge in [0.2, 0.25) is 5.88 Å². The predicted molar refractivity (Wildman–Crippen MR) is 114 cm³/mol. The summed E-state index contributed by atoms with van der Waals surface area (Å²) in [6.07, 6.45) is 0.624. The number of hydrogen-bond acceptors (Lipinski definition) is 9. The van der Waals surface area contributed by atoms with Crippen LogP contribution in [-0.2, 0) is 6.54 Å². The van der Waals surface area contributed by atoms with Crippen LogP contribution in [0, 0.1) is 10.1 Å². The molecule has 4 aromatic rings. The molecule has 4 rings (SSSR count). The minimum Gasteiger partial charge on any atom is -0.493 e. The summed E-state index contributed by atoms with van der Waals surface area (Å²) in [6.45, 7) is 0.139. The number of aromatic hydroxyl groups is 1. The number of aliphatic hydroxyl groups is 1. The molecule has 11 nitrogen and oxygen atoms in total. The van der Waals surface area contributed by atoms with Crippen molar-refractivity contribution in [2.45, 2.75) is 17.8 Å². The van der Waals surface area contributed by atoms with Crippen LogP contribution in [0.3, 0.4) is 0 Å². The van der Waals surface area contributed by atoms with Crippen LogP contribution in [0.4, 0.5) is 17.1 Å². The first-order chi connectivity index (χ1) is 15.0. The van der Waals surface area contributed by atoms with Gasteiger partial charge in [-0.25, -0.2) is 4.98 Å². The number of fused-ring (bicyclic) bond motifs is 1. The summed E-state index contributed by atoms with van der Waals surface area (Å²) in [7, 11) is 0. The molecule has 31 heavy (non-hydrogen) atoms. The molecule has 3 N–H and O–H groups in total. The highest BCUT2D eigenvalue weighted by molar-refractivity contribution is 7.99. The van der Waals surface area contributed by atoms with Gasteiger partial charge in [0.1, 0.15) is 6.33 Å². The lowest BCUT2D eigenvalue weighted by molar-refractivity contribution is -0.384. The van der Waals surface area contributed by atoms with Crippen LogP contribution in [0.2, 0.25) is 0 Å². The molecular weight excluding hydrogens is 422 g/mol. The Morgan fingerprint density at radius 1 is 1.19 bits per heavy atom. The van der Waals surface area contributed by atoms with E-state index in [0.717, 1.165) is 0 Å². The van der Waals surface area contributed by atoms with E-state index in [-0.39, 0.29) is 23.8 Å². The number of non-ortho nitro benzene ring substituents is 1. The monoisotopic (exact) mass is 439 g/mol. The largest absolute Gasteiger partial charge is 0.493 e. The molecule has 0 bridgehead atoms. The molecule has 0 aliphatic rings. The molecular formula is C19H17N7O4S. The Balaban J connectivity index is 1.58. The molecule has 1 atom stereocenters.